The lowest BCUT2D eigenvalue weighted by Gasteiger charge is -2.09. The van der Waals surface area contributed by atoms with Gasteiger partial charge in [0, 0.05) is 12.1 Å². The smallest absolute Gasteiger partial charge is 0.224 e. The second-order valence-corrected chi connectivity index (χ2v) is 3.81. The Morgan fingerprint density at radius 2 is 2.00 bits per heavy atom. The molecule has 1 rings (SSSR count). The first-order chi connectivity index (χ1) is 7.11. The van der Waals surface area contributed by atoms with Gasteiger partial charge in [-0.25, -0.2) is 0 Å². The Hall–Kier alpha value is -1.51. The van der Waals surface area contributed by atoms with Crippen molar-refractivity contribution in [3.05, 3.63) is 24.3 Å². The van der Waals surface area contributed by atoms with Crippen molar-refractivity contribution in [2.24, 2.45) is 5.92 Å². The number of amides is 1. The highest BCUT2D eigenvalue weighted by Crippen LogP contribution is 2.15. The van der Waals surface area contributed by atoms with Crippen LogP contribution in [0.1, 0.15) is 26.7 Å². The van der Waals surface area contributed by atoms with Crippen LogP contribution in [0.2, 0.25) is 0 Å². The molecule has 2 N–H and O–H groups in total. The van der Waals surface area contributed by atoms with Gasteiger partial charge in [0.1, 0.15) is 5.75 Å². The normalized spacial score (nSPS) is 12.1. The molecular formula is C12H17NO2. The second kappa shape index (κ2) is 5.39. The van der Waals surface area contributed by atoms with Gasteiger partial charge in [-0.15, -0.1) is 0 Å². The molecule has 1 atom stereocenters. The van der Waals surface area contributed by atoms with Crippen molar-refractivity contribution >= 4 is 11.6 Å². The van der Waals surface area contributed by atoms with E-state index in [2.05, 4.69) is 19.2 Å². The number of rotatable bonds is 4. The van der Waals surface area contributed by atoms with Gasteiger partial charge in [-0.2, -0.15) is 0 Å². The predicted molar refractivity (Wildman–Crippen MR) is 60.8 cm³/mol. The minimum atomic E-state index is 0.0232. The fourth-order valence-corrected chi connectivity index (χ4v) is 1.22. The molecule has 0 saturated heterocycles. The van der Waals surface area contributed by atoms with E-state index < -0.39 is 0 Å². The molecule has 0 bridgehead atoms. The summed E-state index contributed by atoms with van der Waals surface area (Å²) in [5.74, 6) is 0.632. The Morgan fingerprint density at radius 3 is 2.53 bits per heavy atom. The number of phenols is 1. The minimum Gasteiger partial charge on any atom is -0.508 e. The van der Waals surface area contributed by atoms with Crippen molar-refractivity contribution in [1.29, 1.82) is 0 Å². The highest BCUT2D eigenvalue weighted by atomic mass is 16.3. The van der Waals surface area contributed by atoms with E-state index in [0.29, 0.717) is 12.3 Å². The summed E-state index contributed by atoms with van der Waals surface area (Å²) in [6.07, 6.45) is 1.54. The number of benzene rings is 1. The van der Waals surface area contributed by atoms with Gasteiger partial charge in [-0.05, 0) is 30.2 Å². The summed E-state index contributed by atoms with van der Waals surface area (Å²) in [5.41, 5.74) is 0.723. The fraction of sp³-hybridized carbons (Fsp3) is 0.417. The van der Waals surface area contributed by atoms with E-state index in [9.17, 15) is 4.79 Å². The zero-order valence-electron chi connectivity index (χ0n) is 9.16. The van der Waals surface area contributed by atoms with Crippen LogP contribution in [-0.4, -0.2) is 11.0 Å². The first kappa shape index (κ1) is 11.6. The van der Waals surface area contributed by atoms with Crippen molar-refractivity contribution in [3.63, 3.8) is 0 Å². The average Bonchev–Trinajstić information content (AvgIpc) is 2.21. The Morgan fingerprint density at radius 1 is 1.40 bits per heavy atom. The first-order valence-corrected chi connectivity index (χ1v) is 5.20. The fourth-order valence-electron chi connectivity index (χ4n) is 1.22. The molecule has 0 aliphatic rings. The maximum atomic E-state index is 11.5. The molecule has 1 unspecified atom stereocenters. The molecule has 0 heterocycles. The molecule has 15 heavy (non-hydrogen) atoms. The minimum absolute atomic E-state index is 0.0232. The Labute approximate surface area is 90.1 Å². The summed E-state index contributed by atoms with van der Waals surface area (Å²) in [4.78, 5) is 11.5. The first-order valence-electron chi connectivity index (χ1n) is 5.20. The van der Waals surface area contributed by atoms with Gasteiger partial charge in [0.25, 0.3) is 0 Å². The van der Waals surface area contributed by atoms with Gasteiger partial charge in [-0.3, -0.25) is 4.79 Å². The monoisotopic (exact) mass is 207 g/mol. The predicted octanol–water partition coefficient (Wildman–Crippen LogP) is 2.77. The highest BCUT2D eigenvalue weighted by molar-refractivity contribution is 5.90. The summed E-state index contributed by atoms with van der Waals surface area (Å²) in [7, 11) is 0. The molecule has 0 aliphatic carbocycles. The average molecular weight is 207 g/mol. The summed E-state index contributed by atoms with van der Waals surface area (Å²) in [6, 6.07) is 6.48. The Bertz CT molecular complexity index is 319. The van der Waals surface area contributed by atoms with Crippen molar-refractivity contribution in [3.8, 4) is 5.75 Å². The molecule has 1 aromatic rings. The summed E-state index contributed by atoms with van der Waals surface area (Å²) >= 11 is 0. The maximum Gasteiger partial charge on any atom is 0.224 e. The lowest BCUT2D eigenvalue weighted by molar-refractivity contribution is -0.117. The SMILES string of the molecule is CCC(C)CC(=O)Nc1ccc(O)cc1. The summed E-state index contributed by atoms with van der Waals surface area (Å²) < 4.78 is 0. The van der Waals surface area contributed by atoms with E-state index in [4.69, 9.17) is 5.11 Å². The maximum absolute atomic E-state index is 11.5. The van der Waals surface area contributed by atoms with E-state index >= 15 is 0 Å². The van der Waals surface area contributed by atoms with Crippen LogP contribution in [0.15, 0.2) is 24.3 Å². The van der Waals surface area contributed by atoms with E-state index in [1.54, 1.807) is 24.3 Å². The topological polar surface area (TPSA) is 49.3 Å². The molecule has 0 aromatic heterocycles. The molecule has 0 saturated carbocycles. The number of hydrogen-bond donors (Lipinski definition) is 2. The second-order valence-electron chi connectivity index (χ2n) is 3.81. The molecule has 1 amide bonds. The van der Waals surface area contributed by atoms with Gasteiger partial charge in [0.05, 0.1) is 0 Å². The molecule has 0 spiro atoms. The molecule has 0 radical (unpaired) electrons. The van der Waals surface area contributed by atoms with E-state index in [0.717, 1.165) is 12.1 Å². The molecule has 3 heteroatoms. The molecule has 3 nitrogen and oxygen atoms in total. The number of phenolic OH excluding ortho intramolecular Hbond substituents is 1. The Kier molecular flexibility index (Phi) is 4.16. The molecule has 0 aliphatic heterocycles. The van der Waals surface area contributed by atoms with E-state index in [1.807, 2.05) is 0 Å². The number of carbonyl (C=O) groups is 1. The third kappa shape index (κ3) is 4.02. The van der Waals surface area contributed by atoms with Crippen LogP contribution in [0.5, 0.6) is 5.75 Å². The molecule has 0 fully saturated rings. The van der Waals surface area contributed by atoms with Crippen LogP contribution in [0.25, 0.3) is 0 Å². The molecular weight excluding hydrogens is 190 g/mol. The molecule has 82 valence electrons. The third-order valence-corrected chi connectivity index (χ3v) is 2.38. The number of hydrogen-bond acceptors (Lipinski definition) is 2. The summed E-state index contributed by atoms with van der Waals surface area (Å²) in [5, 5.41) is 11.8. The highest BCUT2D eigenvalue weighted by Gasteiger charge is 2.07. The van der Waals surface area contributed by atoms with Crippen molar-refractivity contribution < 1.29 is 9.90 Å². The van der Waals surface area contributed by atoms with Crippen LogP contribution in [-0.2, 0) is 4.79 Å². The number of carbonyl (C=O) groups excluding carboxylic acids is 1. The summed E-state index contributed by atoms with van der Waals surface area (Å²) in [6.45, 7) is 4.12. The van der Waals surface area contributed by atoms with Gasteiger partial charge < -0.3 is 10.4 Å². The lowest BCUT2D eigenvalue weighted by Crippen LogP contribution is -2.14. The van der Waals surface area contributed by atoms with Crippen molar-refractivity contribution in [1.82, 2.24) is 0 Å². The van der Waals surface area contributed by atoms with Crippen LogP contribution in [0.4, 0.5) is 5.69 Å². The van der Waals surface area contributed by atoms with E-state index in [1.165, 1.54) is 0 Å². The molecule has 1 aromatic carbocycles. The van der Waals surface area contributed by atoms with Crippen molar-refractivity contribution in [2.45, 2.75) is 26.7 Å². The van der Waals surface area contributed by atoms with Gasteiger partial charge >= 0.3 is 0 Å². The van der Waals surface area contributed by atoms with Crippen LogP contribution < -0.4 is 5.32 Å². The zero-order chi connectivity index (χ0) is 11.3. The lowest BCUT2D eigenvalue weighted by atomic mass is 10.1. The quantitative estimate of drug-likeness (QED) is 0.746. The van der Waals surface area contributed by atoms with Gasteiger partial charge in [0.15, 0.2) is 0 Å². The van der Waals surface area contributed by atoms with Crippen molar-refractivity contribution in [2.75, 3.05) is 5.32 Å². The largest absolute Gasteiger partial charge is 0.508 e. The van der Waals surface area contributed by atoms with E-state index in [-0.39, 0.29) is 11.7 Å². The third-order valence-electron chi connectivity index (χ3n) is 2.38. The number of anilines is 1. The standard InChI is InChI=1S/C12H17NO2/c1-3-9(2)8-12(15)13-10-4-6-11(14)7-5-10/h4-7,9,14H,3,8H2,1-2H3,(H,13,15). The number of aromatic hydroxyl groups is 1. The Balaban J connectivity index is 2.48. The van der Waals surface area contributed by atoms with Gasteiger partial charge in [-0.1, -0.05) is 20.3 Å². The number of nitrogens with one attached hydrogen (secondary N) is 1. The van der Waals surface area contributed by atoms with Crippen LogP contribution in [0.3, 0.4) is 0 Å². The van der Waals surface area contributed by atoms with Crippen LogP contribution >= 0.6 is 0 Å². The van der Waals surface area contributed by atoms with Crippen LogP contribution in [0, 0.1) is 5.92 Å². The van der Waals surface area contributed by atoms with Gasteiger partial charge in [0.2, 0.25) is 5.91 Å². The zero-order valence-corrected chi connectivity index (χ0v) is 9.16.